The van der Waals surface area contributed by atoms with Crippen molar-refractivity contribution in [2.24, 2.45) is 0 Å². The van der Waals surface area contributed by atoms with Gasteiger partial charge in [-0.05, 0) is 17.7 Å². The highest BCUT2D eigenvalue weighted by Crippen LogP contribution is 2.15. The molecule has 0 amide bonds. The molecule has 0 radical (unpaired) electrons. The molecule has 0 spiro atoms. The van der Waals surface area contributed by atoms with Crippen LogP contribution in [0, 0.1) is 5.82 Å². The minimum Gasteiger partial charge on any atom is -0.303 e. The fraction of sp³-hybridized carbons (Fsp3) is 0.125. The third-order valence-electron chi connectivity index (χ3n) is 1.30. The predicted molar refractivity (Wildman–Crippen MR) is 41.2 cm³/mol. The van der Waals surface area contributed by atoms with Gasteiger partial charge in [0, 0.05) is 6.42 Å². The summed E-state index contributed by atoms with van der Waals surface area (Å²) in [6.45, 7) is 0. The normalized spacial score (nSPS) is 9.64. The molecule has 0 aliphatic carbocycles. The van der Waals surface area contributed by atoms with Gasteiger partial charge in [-0.3, -0.25) is 0 Å². The molecule has 0 unspecified atom stereocenters. The molecule has 58 valence electrons. The average Bonchev–Trinajstić information content (AvgIpc) is 1.98. The highest BCUT2D eigenvalue weighted by atomic mass is 35.5. The van der Waals surface area contributed by atoms with E-state index in [1.807, 2.05) is 0 Å². The highest BCUT2D eigenvalue weighted by Gasteiger charge is 1.99. The van der Waals surface area contributed by atoms with Gasteiger partial charge < -0.3 is 4.79 Å². The molecule has 0 saturated heterocycles. The van der Waals surface area contributed by atoms with E-state index < -0.39 is 5.82 Å². The van der Waals surface area contributed by atoms with E-state index >= 15 is 0 Å². The molecule has 0 saturated carbocycles. The molecule has 0 heterocycles. The van der Waals surface area contributed by atoms with E-state index in [1.165, 1.54) is 18.2 Å². The molecular formula is C8H6ClFO. The third-order valence-corrected chi connectivity index (χ3v) is 1.59. The quantitative estimate of drug-likeness (QED) is 0.626. The lowest BCUT2D eigenvalue weighted by Crippen LogP contribution is -1.86. The third kappa shape index (κ3) is 2.02. The van der Waals surface area contributed by atoms with E-state index in [2.05, 4.69) is 0 Å². The topological polar surface area (TPSA) is 17.1 Å². The first-order valence-corrected chi connectivity index (χ1v) is 3.49. The van der Waals surface area contributed by atoms with Gasteiger partial charge in [-0.2, -0.15) is 0 Å². The van der Waals surface area contributed by atoms with E-state index in [0.29, 0.717) is 0 Å². The number of aldehydes is 1. The lowest BCUT2D eigenvalue weighted by atomic mass is 10.2. The van der Waals surface area contributed by atoms with Crippen molar-refractivity contribution in [3.63, 3.8) is 0 Å². The molecular weight excluding hydrogens is 167 g/mol. The molecule has 0 bridgehead atoms. The van der Waals surface area contributed by atoms with Gasteiger partial charge in [-0.1, -0.05) is 17.7 Å². The van der Waals surface area contributed by atoms with Crippen LogP contribution in [-0.4, -0.2) is 6.29 Å². The summed E-state index contributed by atoms with van der Waals surface area (Å²) in [7, 11) is 0. The molecule has 3 heteroatoms. The molecule has 0 aromatic heterocycles. The van der Waals surface area contributed by atoms with Crippen LogP contribution in [0.25, 0.3) is 0 Å². The maximum absolute atomic E-state index is 12.5. The van der Waals surface area contributed by atoms with Gasteiger partial charge >= 0.3 is 0 Å². The standard InChI is InChI=1S/C8H6ClFO/c9-7-5-6(3-4-11)1-2-8(7)10/h1-2,4-5H,3H2. The van der Waals surface area contributed by atoms with Crippen LogP contribution in [0.1, 0.15) is 5.56 Å². The minimum atomic E-state index is -0.457. The monoisotopic (exact) mass is 172 g/mol. The summed E-state index contributed by atoms with van der Waals surface area (Å²) in [5.74, 6) is -0.457. The van der Waals surface area contributed by atoms with Crippen molar-refractivity contribution in [1.82, 2.24) is 0 Å². The summed E-state index contributed by atoms with van der Waals surface area (Å²) in [4.78, 5) is 10.0. The summed E-state index contributed by atoms with van der Waals surface area (Å²) in [5, 5.41) is 0.0596. The second-order valence-electron chi connectivity index (χ2n) is 2.12. The molecule has 0 fully saturated rings. The van der Waals surface area contributed by atoms with Crippen LogP contribution in [0.15, 0.2) is 18.2 Å². The summed E-state index contributed by atoms with van der Waals surface area (Å²) >= 11 is 5.46. The Labute approximate surface area is 68.8 Å². The first-order valence-electron chi connectivity index (χ1n) is 3.11. The van der Waals surface area contributed by atoms with Crippen molar-refractivity contribution in [2.75, 3.05) is 0 Å². The van der Waals surface area contributed by atoms with E-state index in [9.17, 15) is 9.18 Å². The number of halogens is 2. The lowest BCUT2D eigenvalue weighted by molar-refractivity contribution is -0.107. The number of hydrogen-bond donors (Lipinski definition) is 0. The van der Waals surface area contributed by atoms with E-state index in [-0.39, 0.29) is 11.4 Å². The van der Waals surface area contributed by atoms with Gasteiger partial charge in [0.2, 0.25) is 0 Å². The Bertz CT molecular complexity index is 273. The van der Waals surface area contributed by atoms with E-state index in [1.54, 1.807) is 0 Å². The predicted octanol–water partition coefficient (Wildman–Crippen LogP) is 2.22. The second-order valence-corrected chi connectivity index (χ2v) is 2.53. The Kier molecular flexibility index (Phi) is 2.60. The van der Waals surface area contributed by atoms with Gasteiger partial charge in [0.1, 0.15) is 12.1 Å². The van der Waals surface area contributed by atoms with Gasteiger partial charge in [-0.15, -0.1) is 0 Å². The van der Waals surface area contributed by atoms with Crippen LogP contribution in [0.5, 0.6) is 0 Å². The lowest BCUT2D eigenvalue weighted by Gasteiger charge is -1.96. The van der Waals surface area contributed by atoms with Gasteiger partial charge in [0.15, 0.2) is 0 Å². The second kappa shape index (κ2) is 3.49. The summed E-state index contributed by atoms with van der Waals surface area (Å²) in [6, 6.07) is 4.24. The maximum Gasteiger partial charge on any atom is 0.141 e. The van der Waals surface area contributed by atoms with Gasteiger partial charge in [-0.25, -0.2) is 4.39 Å². The Morgan fingerprint density at radius 3 is 2.82 bits per heavy atom. The molecule has 1 aromatic carbocycles. The highest BCUT2D eigenvalue weighted by molar-refractivity contribution is 6.30. The van der Waals surface area contributed by atoms with E-state index in [0.717, 1.165) is 11.8 Å². The van der Waals surface area contributed by atoms with Crippen LogP contribution >= 0.6 is 11.6 Å². The molecule has 0 N–H and O–H groups in total. The van der Waals surface area contributed by atoms with Crippen molar-refractivity contribution < 1.29 is 9.18 Å². The molecule has 0 aliphatic rings. The molecule has 11 heavy (non-hydrogen) atoms. The van der Waals surface area contributed by atoms with Gasteiger partial charge in [0.25, 0.3) is 0 Å². The van der Waals surface area contributed by atoms with Crippen molar-refractivity contribution in [2.45, 2.75) is 6.42 Å². The average molecular weight is 173 g/mol. The largest absolute Gasteiger partial charge is 0.303 e. The summed E-state index contributed by atoms with van der Waals surface area (Å²) in [6.07, 6.45) is 1.03. The van der Waals surface area contributed by atoms with E-state index in [4.69, 9.17) is 11.6 Å². The Morgan fingerprint density at radius 2 is 2.27 bits per heavy atom. The molecule has 1 aromatic rings. The number of carbonyl (C=O) groups is 1. The fourth-order valence-corrected chi connectivity index (χ4v) is 0.966. The van der Waals surface area contributed by atoms with Crippen LogP contribution in [0.3, 0.4) is 0 Å². The Hall–Kier alpha value is -0.890. The van der Waals surface area contributed by atoms with Crippen molar-refractivity contribution in [3.05, 3.63) is 34.6 Å². The zero-order chi connectivity index (χ0) is 8.27. The maximum atomic E-state index is 12.5. The molecule has 0 aliphatic heterocycles. The fourth-order valence-electron chi connectivity index (χ4n) is 0.763. The van der Waals surface area contributed by atoms with Crippen LogP contribution in [0.4, 0.5) is 4.39 Å². The van der Waals surface area contributed by atoms with Crippen molar-refractivity contribution >= 4 is 17.9 Å². The number of rotatable bonds is 2. The molecule has 1 rings (SSSR count). The van der Waals surface area contributed by atoms with Crippen molar-refractivity contribution in [3.8, 4) is 0 Å². The van der Waals surface area contributed by atoms with Crippen LogP contribution in [-0.2, 0) is 11.2 Å². The summed E-state index contributed by atoms with van der Waals surface area (Å²) in [5.41, 5.74) is 0.728. The van der Waals surface area contributed by atoms with Crippen LogP contribution in [0.2, 0.25) is 5.02 Å². The number of benzene rings is 1. The first-order chi connectivity index (χ1) is 5.24. The Balaban J connectivity index is 2.95. The summed E-state index contributed by atoms with van der Waals surface area (Å²) < 4.78 is 12.5. The minimum absolute atomic E-state index is 0.0596. The number of hydrogen-bond acceptors (Lipinski definition) is 1. The zero-order valence-corrected chi connectivity index (χ0v) is 6.44. The number of carbonyl (C=O) groups excluding carboxylic acids is 1. The smallest absolute Gasteiger partial charge is 0.141 e. The van der Waals surface area contributed by atoms with Crippen molar-refractivity contribution in [1.29, 1.82) is 0 Å². The zero-order valence-electron chi connectivity index (χ0n) is 5.68. The molecule has 1 nitrogen and oxygen atoms in total. The first kappa shape index (κ1) is 8.21. The van der Waals surface area contributed by atoms with Crippen LogP contribution < -0.4 is 0 Å². The SMILES string of the molecule is O=CCc1ccc(F)c(Cl)c1. The Morgan fingerprint density at radius 1 is 1.55 bits per heavy atom. The van der Waals surface area contributed by atoms with Gasteiger partial charge in [0.05, 0.1) is 5.02 Å². The molecule has 0 atom stereocenters.